The zero-order chi connectivity index (χ0) is 14.7. The van der Waals surface area contributed by atoms with Crippen LogP contribution in [0.25, 0.3) is 0 Å². The minimum absolute atomic E-state index is 0.0547. The summed E-state index contributed by atoms with van der Waals surface area (Å²) >= 11 is 0. The molecule has 0 spiro atoms. The number of hydrogen-bond acceptors (Lipinski definition) is 4. The van der Waals surface area contributed by atoms with E-state index in [0.29, 0.717) is 0 Å². The van der Waals surface area contributed by atoms with Gasteiger partial charge in [0.05, 0.1) is 10.6 Å². The molecule has 1 amide bonds. The van der Waals surface area contributed by atoms with E-state index in [2.05, 4.69) is 10.4 Å². The average molecular weight is 274 g/mol. The summed E-state index contributed by atoms with van der Waals surface area (Å²) < 4.78 is 1.65. The predicted molar refractivity (Wildman–Crippen MR) is 72.2 cm³/mol. The van der Waals surface area contributed by atoms with E-state index in [9.17, 15) is 14.9 Å². The fraction of sp³-hybridized carbons (Fsp3) is 0.231. The fourth-order valence-corrected chi connectivity index (χ4v) is 1.92. The summed E-state index contributed by atoms with van der Waals surface area (Å²) in [5.74, 6) is -0.472. The molecule has 0 aliphatic heterocycles. The van der Waals surface area contributed by atoms with Crippen molar-refractivity contribution < 1.29 is 9.72 Å². The van der Waals surface area contributed by atoms with Gasteiger partial charge in [-0.05, 0) is 13.0 Å². The number of aryl methyl sites for hydroxylation is 2. The largest absolute Gasteiger partial charge is 0.348 e. The Labute approximate surface area is 115 Å². The van der Waals surface area contributed by atoms with Crippen molar-refractivity contribution in [3.63, 3.8) is 0 Å². The number of hydrogen-bond donors (Lipinski definition) is 1. The topological polar surface area (TPSA) is 90.1 Å². The van der Waals surface area contributed by atoms with Crippen molar-refractivity contribution in [2.45, 2.75) is 13.5 Å². The van der Waals surface area contributed by atoms with E-state index in [0.717, 1.165) is 11.3 Å². The Morgan fingerprint density at radius 3 is 2.75 bits per heavy atom. The van der Waals surface area contributed by atoms with Crippen LogP contribution >= 0.6 is 0 Å². The maximum atomic E-state index is 12.0. The number of aromatic nitrogens is 2. The van der Waals surface area contributed by atoms with Crippen LogP contribution in [0.1, 0.15) is 21.6 Å². The van der Waals surface area contributed by atoms with Gasteiger partial charge in [-0.15, -0.1) is 0 Å². The van der Waals surface area contributed by atoms with Crippen LogP contribution in [-0.2, 0) is 13.6 Å². The highest BCUT2D eigenvalue weighted by molar-refractivity contribution is 5.98. The van der Waals surface area contributed by atoms with E-state index in [-0.39, 0.29) is 17.8 Å². The van der Waals surface area contributed by atoms with Crippen LogP contribution in [0.2, 0.25) is 0 Å². The number of amides is 1. The second-order valence-corrected chi connectivity index (χ2v) is 4.37. The van der Waals surface area contributed by atoms with E-state index in [4.69, 9.17) is 0 Å². The lowest BCUT2D eigenvalue weighted by Gasteiger charge is -2.05. The molecule has 2 aromatic rings. The molecule has 1 N–H and O–H groups in total. The number of carbonyl (C=O) groups is 1. The van der Waals surface area contributed by atoms with Gasteiger partial charge in [-0.1, -0.05) is 12.1 Å². The molecule has 1 aromatic heterocycles. The Balaban J connectivity index is 2.13. The van der Waals surface area contributed by atoms with Gasteiger partial charge in [0, 0.05) is 31.4 Å². The van der Waals surface area contributed by atoms with Gasteiger partial charge < -0.3 is 5.32 Å². The zero-order valence-corrected chi connectivity index (χ0v) is 11.2. The third kappa shape index (κ3) is 2.82. The molecule has 104 valence electrons. The van der Waals surface area contributed by atoms with Gasteiger partial charge in [-0.2, -0.15) is 5.10 Å². The molecule has 0 fully saturated rings. The fourth-order valence-electron chi connectivity index (χ4n) is 1.92. The van der Waals surface area contributed by atoms with E-state index >= 15 is 0 Å². The van der Waals surface area contributed by atoms with Gasteiger partial charge in [0.15, 0.2) is 0 Å². The molecule has 1 heterocycles. The Hall–Kier alpha value is -2.70. The molecule has 0 saturated carbocycles. The number of rotatable bonds is 4. The molecule has 0 bridgehead atoms. The quantitative estimate of drug-likeness (QED) is 0.676. The lowest BCUT2D eigenvalue weighted by atomic mass is 10.1. The second-order valence-electron chi connectivity index (χ2n) is 4.37. The van der Waals surface area contributed by atoms with Crippen LogP contribution in [0.5, 0.6) is 0 Å². The molecule has 0 saturated heterocycles. The third-order valence-electron chi connectivity index (χ3n) is 2.90. The standard InChI is InChI=1S/C13H14N4O3/c1-9-10(8-16(2)15-9)7-14-13(18)11-5-3-4-6-12(11)17(19)20/h3-6,8H,7H2,1-2H3,(H,14,18). The molecule has 0 aliphatic carbocycles. The molecule has 20 heavy (non-hydrogen) atoms. The monoisotopic (exact) mass is 274 g/mol. The van der Waals surface area contributed by atoms with Gasteiger partial charge in [-0.25, -0.2) is 0 Å². The molecular formula is C13H14N4O3. The Morgan fingerprint density at radius 1 is 1.45 bits per heavy atom. The van der Waals surface area contributed by atoms with Gasteiger partial charge in [0.1, 0.15) is 5.56 Å². The predicted octanol–water partition coefficient (Wildman–Crippen LogP) is 1.57. The Kier molecular flexibility index (Phi) is 3.79. The van der Waals surface area contributed by atoms with Gasteiger partial charge >= 0.3 is 0 Å². The van der Waals surface area contributed by atoms with Crippen LogP contribution in [0.3, 0.4) is 0 Å². The summed E-state index contributed by atoms with van der Waals surface area (Å²) in [5.41, 5.74) is 1.54. The van der Waals surface area contributed by atoms with Crippen molar-refractivity contribution in [2.75, 3.05) is 0 Å². The van der Waals surface area contributed by atoms with Crippen LogP contribution < -0.4 is 5.32 Å². The van der Waals surface area contributed by atoms with E-state index in [1.54, 1.807) is 24.0 Å². The molecule has 0 unspecified atom stereocenters. The minimum Gasteiger partial charge on any atom is -0.348 e. The van der Waals surface area contributed by atoms with Crippen LogP contribution in [0.15, 0.2) is 30.5 Å². The molecule has 2 rings (SSSR count). The first-order valence-electron chi connectivity index (χ1n) is 6.00. The summed E-state index contributed by atoms with van der Waals surface area (Å²) in [6, 6.07) is 5.87. The first-order chi connectivity index (χ1) is 9.49. The first kappa shape index (κ1) is 13.7. The summed E-state index contributed by atoms with van der Waals surface area (Å²) in [6.07, 6.45) is 1.80. The number of nitro benzene ring substituents is 1. The molecule has 0 aliphatic rings. The summed E-state index contributed by atoms with van der Waals surface area (Å²) in [4.78, 5) is 22.3. The van der Waals surface area contributed by atoms with Gasteiger partial charge in [-0.3, -0.25) is 19.6 Å². The normalized spacial score (nSPS) is 10.3. The molecule has 0 radical (unpaired) electrons. The van der Waals surface area contributed by atoms with Gasteiger partial charge in [0.25, 0.3) is 11.6 Å². The maximum Gasteiger partial charge on any atom is 0.282 e. The Morgan fingerprint density at radius 2 is 2.15 bits per heavy atom. The molecule has 7 nitrogen and oxygen atoms in total. The van der Waals surface area contributed by atoms with E-state index in [1.165, 1.54) is 18.2 Å². The lowest BCUT2D eigenvalue weighted by molar-refractivity contribution is -0.385. The molecule has 7 heteroatoms. The SMILES string of the molecule is Cc1nn(C)cc1CNC(=O)c1ccccc1[N+](=O)[O-]. The lowest BCUT2D eigenvalue weighted by Crippen LogP contribution is -2.23. The highest BCUT2D eigenvalue weighted by Gasteiger charge is 2.19. The number of para-hydroxylation sites is 1. The van der Waals surface area contributed by atoms with E-state index < -0.39 is 10.8 Å². The minimum atomic E-state index is -0.565. The number of carbonyl (C=O) groups excluding carboxylic acids is 1. The highest BCUT2D eigenvalue weighted by Crippen LogP contribution is 2.17. The highest BCUT2D eigenvalue weighted by atomic mass is 16.6. The molecule has 0 atom stereocenters. The van der Waals surface area contributed by atoms with Crippen LogP contribution in [-0.4, -0.2) is 20.6 Å². The van der Waals surface area contributed by atoms with Crippen molar-refractivity contribution in [3.05, 3.63) is 57.4 Å². The third-order valence-corrected chi connectivity index (χ3v) is 2.90. The van der Waals surface area contributed by atoms with Gasteiger partial charge in [0.2, 0.25) is 0 Å². The van der Waals surface area contributed by atoms with Crippen molar-refractivity contribution >= 4 is 11.6 Å². The van der Waals surface area contributed by atoms with Crippen molar-refractivity contribution in [3.8, 4) is 0 Å². The van der Waals surface area contributed by atoms with Crippen molar-refractivity contribution in [1.29, 1.82) is 0 Å². The molecular weight excluding hydrogens is 260 g/mol. The number of nitrogens with one attached hydrogen (secondary N) is 1. The number of nitrogens with zero attached hydrogens (tertiary/aromatic N) is 3. The first-order valence-corrected chi connectivity index (χ1v) is 6.00. The number of nitro groups is 1. The van der Waals surface area contributed by atoms with Crippen molar-refractivity contribution in [2.24, 2.45) is 7.05 Å². The summed E-state index contributed by atoms with van der Waals surface area (Å²) in [6.45, 7) is 2.12. The zero-order valence-electron chi connectivity index (χ0n) is 11.2. The van der Waals surface area contributed by atoms with E-state index in [1.807, 2.05) is 6.92 Å². The number of benzene rings is 1. The second kappa shape index (κ2) is 5.52. The van der Waals surface area contributed by atoms with Crippen molar-refractivity contribution in [1.82, 2.24) is 15.1 Å². The smallest absolute Gasteiger partial charge is 0.282 e. The summed E-state index contributed by atoms with van der Waals surface area (Å²) in [7, 11) is 1.79. The summed E-state index contributed by atoms with van der Waals surface area (Å²) in [5, 5.41) is 17.7. The van der Waals surface area contributed by atoms with Crippen LogP contribution in [0, 0.1) is 17.0 Å². The molecule has 1 aromatic carbocycles. The van der Waals surface area contributed by atoms with Crippen LogP contribution in [0.4, 0.5) is 5.69 Å². The Bertz CT molecular complexity index is 663. The average Bonchev–Trinajstić information content (AvgIpc) is 2.74. The maximum absolute atomic E-state index is 12.0.